The predicted molar refractivity (Wildman–Crippen MR) is 69.9 cm³/mol. The molecule has 0 bridgehead atoms. The third-order valence-corrected chi connectivity index (χ3v) is 3.53. The van der Waals surface area contributed by atoms with Crippen LogP contribution < -0.4 is 5.32 Å². The Morgan fingerprint density at radius 3 is 3.00 bits per heavy atom. The molecule has 1 aliphatic rings. The summed E-state index contributed by atoms with van der Waals surface area (Å²) < 4.78 is 0. The number of nitrogens with zero attached hydrogens (tertiary/aromatic N) is 2. The fourth-order valence-electron chi connectivity index (χ4n) is 2.43. The van der Waals surface area contributed by atoms with E-state index in [4.69, 9.17) is 4.98 Å². The summed E-state index contributed by atoms with van der Waals surface area (Å²) in [4.78, 5) is 9.24. The van der Waals surface area contributed by atoms with Crippen LogP contribution in [0.3, 0.4) is 0 Å². The lowest BCUT2D eigenvalue weighted by atomic mass is 9.92. The maximum Gasteiger partial charge on any atom is 0.128 e. The molecule has 1 aromatic rings. The molecule has 94 valence electrons. The van der Waals surface area contributed by atoms with Crippen molar-refractivity contribution in [3.05, 3.63) is 23.3 Å². The summed E-state index contributed by atoms with van der Waals surface area (Å²) in [6, 6.07) is 0.456. The van der Waals surface area contributed by atoms with Crippen LogP contribution in [0.2, 0.25) is 0 Å². The second-order valence-corrected chi connectivity index (χ2v) is 5.35. The molecule has 0 aliphatic heterocycles. The Kier molecular flexibility index (Phi) is 4.11. The summed E-state index contributed by atoms with van der Waals surface area (Å²) in [5.41, 5.74) is 2.58. The topological polar surface area (TPSA) is 37.8 Å². The van der Waals surface area contributed by atoms with E-state index in [0.29, 0.717) is 6.04 Å². The van der Waals surface area contributed by atoms with E-state index in [1.54, 1.807) is 0 Å². The Hall–Kier alpha value is -0.960. The molecular weight excluding hydrogens is 210 g/mol. The van der Waals surface area contributed by atoms with Crippen LogP contribution in [-0.4, -0.2) is 17.0 Å². The first kappa shape index (κ1) is 12.5. The summed E-state index contributed by atoms with van der Waals surface area (Å²) in [5.74, 6) is 1.74. The highest BCUT2D eigenvalue weighted by molar-refractivity contribution is 5.24. The molecule has 1 unspecified atom stereocenters. The Labute approximate surface area is 104 Å². The molecule has 3 nitrogen and oxygen atoms in total. The van der Waals surface area contributed by atoms with Crippen molar-refractivity contribution >= 4 is 0 Å². The normalized spacial score (nSPS) is 19.4. The summed E-state index contributed by atoms with van der Waals surface area (Å²) in [6.45, 7) is 4.49. The van der Waals surface area contributed by atoms with Crippen LogP contribution in [-0.2, 0) is 12.8 Å². The van der Waals surface area contributed by atoms with Crippen molar-refractivity contribution in [2.75, 3.05) is 7.05 Å². The van der Waals surface area contributed by atoms with Gasteiger partial charge < -0.3 is 5.32 Å². The van der Waals surface area contributed by atoms with E-state index in [2.05, 4.69) is 24.1 Å². The second-order valence-electron chi connectivity index (χ2n) is 5.35. The fraction of sp³-hybridized carbons (Fsp3) is 0.714. The van der Waals surface area contributed by atoms with Crippen LogP contribution in [0.4, 0.5) is 0 Å². The van der Waals surface area contributed by atoms with Gasteiger partial charge in [-0.3, -0.25) is 0 Å². The fourth-order valence-corrected chi connectivity index (χ4v) is 2.43. The zero-order valence-electron chi connectivity index (χ0n) is 11.2. The van der Waals surface area contributed by atoms with Crippen molar-refractivity contribution in [1.82, 2.24) is 15.3 Å². The lowest BCUT2D eigenvalue weighted by Gasteiger charge is -2.24. The van der Waals surface area contributed by atoms with Gasteiger partial charge in [0.15, 0.2) is 0 Å². The van der Waals surface area contributed by atoms with Crippen molar-refractivity contribution in [3.63, 3.8) is 0 Å². The van der Waals surface area contributed by atoms with Crippen LogP contribution in [0, 0.1) is 5.92 Å². The summed E-state index contributed by atoms with van der Waals surface area (Å²) >= 11 is 0. The molecule has 0 radical (unpaired) electrons. The smallest absolute Gasteiger partial charge is 0.128 e. The first-order valence-corrected chi connectivity index (χ1v) is 6.72. The van der Waals surface area contributed by atoms with Crippen molar-refractivity contribution in [1.29, 1.82) is 0 Å². The summed E-state index contributed by atoms with van der Waals surface area (Å²) in [7, 11) is 2.02. The minimum Gasteiger partial charge on any atom is -0.313 e. The van der Waals surface area contributed by atoms with Gasteiger partial charge in [-0.25, -0.2) is 9.97 Å². The van der Waals surface area contributed by atoms with E-state index < -0.39 is 0 Å². The number of hydrogen-bond donors (Lipinski definition) is 1. The van der Waals surface area contributed by atoms with Gasteiger partial charge in [0, 0.05) is 29.9 Å². The maximum absolute atomic E-state index is 4.73. The zero-order chi connectivity index (χ0) is 12.3. The van der Waals surface area contributed by atoms with Gasteiger partial charge in [-0.05, 0) is 38.6 Å². The van der Waals surface area contributed by atoms with E-state index in [-0.39, 0.29) is 0 Å². The van der Waals surface area contributed by atoms with Crippen LogP contribution in [0.25, 0.3) is 0 Å². The third kappa shape index (κ3) is 3.03. The van der Waals surface area contributed by atoms with E-state index in [0.717, 1.165) is 24.6 Å². The number of nitrogens with one attached hydrogen (secondary N) is 1. The minimum absolute atomic E-state index is 0.456. The lowest BCUT2D eigenvalue weighted by Crippen LogP contribution is -2.23. The van der Waals surface area contributed by atoms with E-state index in [1.165, 1.54) is 30.5 Å². The van der Waals surface area contributed by atoms with Crippen molar-refractivity contribution in [3.8, 4) is 0 Å². The van der Waals surface area contributed by atoms with E-state index >= 15 is 0 Å². The van der Waals surface area contributed by atoms with Gasteiger partial charge in [0.05, 0.1) is 0 Å². The molecule has 3 heteroatoms. The molecule has 0 aromatic carbocycles. The van der Waals surface area contributed by atoms with Gasteiger partial charge in [0.1, 0.15) is 5.82 Å². The molecule has 0 amide bonds. The SMILES string of the molecule is CNC1CCCc2nc(CCC(C)C)ncc21. The molecule has 1 aliphatic carbocycles. The summed E-state index contributed by atoms with van der Waals surface area (Å²) in [6.07, 6.45) is 7.78. The molecule has 2 rings (SSSR count). The van der Waals surface area contributed by atoms with Crippen molar-refractivity contribution in [2.45, 2.75) is 52.0 Å². The van der Waals surface area contributed by atoms with Gasteiger partial charge in [0.2, 0.25) is 0 Å². The Bertz CT molecular complexity index is 374. The number of hydrogen-bond acceptors (Lipinski definition) is 3. The molecule has 0 saturated carbocycles. The second kappa shape index (κ2) is 5.58. The van der Waals surface area contributed by atoms with Gasteiger partial charge >= 0.3 is 0 Å². The molecule has 17 heavy (non-hydrogen) atoms. The molecule has 0 spiro atoms. The number of rotatable bonds is 4. The molecular formula is C14H23N3. The van der Waals surface area contributed by atoms with E-state index in [1.807, 2.05) is 13.2 Å². The largest absolute Gasteiger partial charge is 0.313 e. The number of fused-ring (bicyclic) bond motifs is 1. The molecule has 1 N–H and O–H groups in total. The lowest BCUT2D eigenvalue weighted by molar-refractivity contribution is 0.483. The molecule has 1 heterocycles. The maximum atomic E-state index is 4.73. The molecule has 0 saturated heterocycles. The Morgan fingerprint density at radius 1 is 1.47 bits per heavy atom. The Morgan fingerprint density at radius 2 is 2.29 bits per heavy atom. The predicted octanol–water partition coefficient (Wildman–Crippen LogP) is 2.66. The highest BCUT2D eigenvalue weighted by Crippen LogP contribution is 2.27. The third-order valence-electron chi connectivity index (χ3n) is 3.53. The highest BCUT2D eigenvalue weighted by Gasteiger charge is 2.20. The molecule has 0 fully saturated rings. The van der Waals surface area contributed by atoms with Crippen molar-refractivity contribution < 1.29 is 0 Å². The first-order chi connectivity index (χ1) is 8.20. The summed E-state index contributed by atoms with van der Waals surface area (Å²) in [5, 5.41) is 3.35. The van der Waals surface area contributed by atoms with Gasteiger partial charge in [0.25, 0.3) is 0 Å². The molecule has 1 atom stereocenters. The van der Waals surface area contributed by atoms with Crippen LogP contribution in [0.1, 0.15) is 56.2 Å². The van der Waals surface area contributed by atoms with Crippen LogP contribution in [0.15, 0.2) is 6.20 Å². The Balaban J connectivity index is 2.13. The van der Waals surface area contributed by atoms with Gasteiger partial charge in [-0.15, -0.1) is 0 Å². The quantitative estimate of drug-likeness (QED) is 0.869. The first-order valence-electron chi connectivity index (χ1n) is 6.72. The number of aryl methyl sites for hydroxylation is 2. The average molecular weight is 233 g/mol. The van der Waals surface area contributed by atoms with Gasteiger partial charge in [-0.2, -0.15) is 0 Å². The zero-order valence-corrected chi connectivity index (χ0v) is 11.2. The monoisotopic (exact) mass is 233 g/mol. The molecule has 1 aromatic heterocycles. The standard InChI is InChI=1S/C14H23N3/c1-10(2)7-8-14-16-9-11-12(15-3)5-4-6-13(11)17-14/h9-10,12,15H,4-8H2,1-3H3. The van der Waals surface area contributed by atoms with Crippen LogP contribution in [0.5, 0.6) is 0 Å². The minimum atomic E-state index is 0.456. The van der Waals surface area contributed by atoms with Crippen molar-refractivity contribution in [2.24, 2.45) is 5.92 Å². The van der Waals surface area contributed by atoms with E-state index in [9.17, 15) is 0 Å². The number of aromatic nitrogens is 2. The van der Waals surface area contributed by atoms with Crippen LogP contribution >= 0.6 is 0 Å². The van der Waals surface area contributed by atoms with Gasteiger partial charge in [-0.1, -0.05) is 13.8 Å². The highest BCUT2D eigenvalue weighted by atomic mass is 14.9. The average Bonchev–Trinajstić information content (AvgIpc) is 2.35.